The molecule has 5 heteroatoms. The molecule has 0 radical (unpaired) electrons. The van der Waals surface area contributed by atoms with Crippen molar-refractivity contribution < 1.29 is 9.53 Å². The van der Waals surface area contributed by atoms with Gasteiger partial charge in [-0.3, -0.25) is 9.69 Å². The molecule has 5 nitrogen and oxygen atoms in total. The molecule has 1 aliphatic heterocycles. The fourth-order valence-electron chi connectivity index (χ4n) is 4.85. The maximum Gasteiger partial charge on any atom is 0.255 e. The number of carbonyl (C=O) groups is 1. The third-order valence-corrected chi connectivity index (χ3v) is 6.77. The van der Waals surface area contributed by atoms with Crippen LogP contribution in [0.2, 0.25) is 0 Å². The summed E-state index contributed by atoms with van der Waals surface area (Å²) in [6.45, 7) is 6.17. The lowest BCUT2D eigenvalue weighted by molar-refractivity contribution is 0.0628. The van der Waals surface area contributed by atoms with Crippen molar-refractivity contribution in [3.63, 3.8) is 0 Å². The van der Waals surface area contributed by atoms with Gasteiger partial charge in [0.05, 0.1) is 18.4 Å². The van der Waals surface area contributed by atoms with E-state index in [9.17, 15) is 4.79 Å². The molecular formula is C30H31N3O2. The van der Waals surface area contributed by atoms with Crippen molar-refractivity contribution in [1.29, 1.82) is 0 Å². The van der Waals surface area contributed by atoms with Gasteiger partial charge in [0.1, 0.15) is 5.75 Å². The number of piperazine rings is 1. The topological polar surface area (TPSA) is 37.7 Å². The predicted octanol–water partition coefficient (Wildman–Crippen LogP) is 5.42. The molecule has 35 heavy (non-hydrogen) atoms. The van der Waals surface area contributed by atoms with E-state index in [0.717, 1.165) is 66.7 Å². The van der Waals surface area contributed by atoms with Crippen molar-refractivity contribution in [2.24, 2.45) is 0 Å². The number of hydrogen-bond donors (Lipinski definition) is 0. The molecule has 0 unspecified atom stereocenters. The van der Waals surface area contributed by atoms with E-state index in [4.69, 9.17) is 4.74 Å². The summed E-state index contributed by atoms with van der Waals surface area (Å²) < 4.78 is 7.63. The normalized spacial score (nSPS) is 14.2. The second kappa shape index (κ2) is 10.2. The van der Waals surface area contributed by atoms with E-state index < -0.39 is 0 Å². The first-order chi connectivity index (χ1) is 17.1. The first kappa shape index (κ1) is 22.9. The highest BCUT2D eigenvalue weighted by Crippen LogP contribution is 2.31. The Kier molecular flexibility index (Phi) is 6.68. The molecule has 1 saturated heterocycles. The van der Waals surface area contributed by atoms with Gasteiger partial charge in [-0.25, -0.2) is 0 Å². The van der Waals surface area contributed by atoms with Crippen molar-refractivity contribution in [2.75, 3.05) is 33.3 Å². The second-order valence-corrected chi connectivity index (χ2v) is 8.99. The first-order valence-corrected chi connectivity index (χ1v) is 12.1. The quantitative estimate of drug-likeness (QED) is 0.382. The molecule has 1 aromatic heterocycles. The minimum Gasteiger partial charge on any atom is -0.497 e. The highest BCUT2D eigenvalue weighted by Gasteiger charge is 2.26. The van der Waals surface area contributed by atoms with Crippen LogP contribution in [0, 0.1) is 6.92 Å². The van der Waals surface area contributed by atoms with Crippen LogP contribution in [-0.4, -0.2) is 53.6 Å². The molecule has 2 heterocycles. The molecule has 0 saturated carbocycles. The van der Waals surface area contributed by atoms with Gasteiger partial charge in [0.2, 0.25) is 0 Å². The zero-order valence-corrected chi connectivity index (χ0v) is 20.4. The van der Waals surface area contributed by atoms with Crippen LogP contribution >= 0.6 is 0 Å². The standard InChI is InChI=1S/C30H31N3O2/c1-23-28(30(34)32-18-16-31(17-19-32)22-24-10-5-3-6-11-24)21-29(25-12-7-4-8-13-25)33(23)26-14-9-15-27(20-26)35-2/h3-15,20-21H,16-19,22H2,1-2H3. The van der Waals surface area contributed by atoms with Gasteiger partial charge >= 0.3 is 0 Å². The van der Waals surface area contributed by atoms with Gasteiger partial charge in [0.15, 0.2) is 0 Å². The van der Waals surface area contributed by atoms with E-state index in [1.54, 1.807) is 7.11 Å². The Morgan fingerprint density at radius 3 is 2.20 bits per heavy atom. The lowest BCUT2D eigenvalue weighted by Gasteiger charge is -2.34. The van der Waals surface area contributed by atoms with Crippen molar-refractivity contribution in [3.05, 3.63) is 108 Å². The fourth-order valence-corrected chi connectivity index (χ4v) is 4.85. The minimum absolute atomic E-state index is 0.0979. The van der Waals surface area contributed by atoms with Crippen LogP contribution in [0.5, 0.6) is 5.75 Å². The van der Waals surface area contributed by atoms with E-state index in [1.807, 2.05) is 60.4 Å². The summed E-state index contributed by atoms with van der Waals surface area (Å²) in [7, 11) is 1.67. The molecule has 0 aliphatic carbocycles. The summed E-state index contributed by atoms with van der Waals surface area (Å²) in [5.41, 5.74) is 6.06. The minimum atomic E-state index is 0.0979. The van der Waals surface area contributed by atoms with Gasteiger partial charge in [0.25, 0.3) is 5.91 Å². The monoisotopic (exact) mass is 465 g/mol. The van der Waals surface area contributed by atoms with Gasteiger partial charge in [0, 0.05) is 50.2 Å². The van der Waals surface area contributed by atoms with E-state index in [-0.39, 0.29) is 5.91 Å². The highest BCUT2D eigenvalue weighted by atomic mass is 16.5. The Morgan fingerprint density at radius 2 is 1.51 bits per heavy atom. The van der Waals surface area contributed by atoms with Gasteiger partial charge in [-0.2, -0.15) is 0 Å². The largest absolute Gasteiger partial charge is 0.497 e. The average molecular weight is 466 g/mol. The number of carbonyl (C=O) groups excluding carboxylic acids is 1. The third-order valence-electron chi connectivity index (χ3n) is 6.77. The molecule has 0 spiro atoms. The van der Waals surface area contributed by atoms with E-state index in [0.29, 0.717) is 0 Å². The number of hydrogen-bond acceptors (Lipinski definition) is 3. The number of methoxy groups -OCH3 is 1. The SMILES string of the molecule is COc1cccc(-n2c(-c3ccccc3)cc(C(=O)N3CCN(Cc4ccccc4)CC3)c2C)c1. The van der Waals surface area contributed by atoms with Crippen LogP contribution in [0.25, 0.3) is 16.9 Å². The maximum absolute atomic E-state index is 13.7. The predicted molar refractivity (Wildman–Crippen MR) is 140 cm³/mol. The molecule has 178 valence electrons. The molecule has 4 aromatic rings. The van der Waals surface area contributed by atoms with E-state index in [2.05, 4.69) is 51.9 Å². The Labute approximate surface area is 207 Å². The third kappa shape index (κ3) is 4.86. The summed E-state index contributed by atoms with van der Waals surface area (Å²) >= 11 is 0. The molecule has 0 bridgehead atoms. The molecule has 5 rings (SSSR count). The van der Waals surface area contributed by atoms with Crippen LogP contribution < -0.4 is 4.74 Å². The number of amides is 1. The molecule has 1 fully saturated rings. The van der Waals surface area contributed by atoms with Crippen LogP contribution in [0.1, 0.15) is 21.6 Å². The molecule has 0 atom stereocenters. The van der Waals surface area contributed by atoms with Crippen LogP contribution in [-0.2, 0) is 6.54 Å². The zero-order valence-electron chi connectivity index (χ0n) is 20.4. The number of rotatable bonds is 6. The van der Waals surface area contributed by atoms with Crippen molar-refractivity contribution >= 4 is 5.91 Å². The van der Waals surface area contributed by atoms with Gasteiger partial charge in [-0.1, -0.05) is 66.7 Å². The number of aromatic nitrogens is 1. The van der Waals surface area contributed by atoms with Crippen molar-refractivity contribution in [2.45, 2.75) is 13.5 Å². The number of ether oxygens (including phenoxy) is 1. The lowest BCUT2D eigenvalue weighted by Crippen LogP contribution is -2.48. The fraction of sp³-hybridized carbons (Fsp3) is 0.233. The summed E-state index contributed by atoms with van der Waals surface area (Å²) in [5, 5.41) is 0. The highest BCUT2D eigenvalue weighted by molar-refractivity contribution is 5.97. The summed E-state index contributed by atoms with van der Waals surface area (Å²) in [5.74, 6) is 0.887. The molecule has 0 N–H and O–H groups in total. The second-order valence-electron chi connectivity index (χ2n) is 8.99. The van der Waals surface area contributed by atoms with E-state index >= 15 is 0 Å². The zero-order chi connectivity index (χ0) is 24.2. The first-order valence-electron chi connectivity index (χ1n) is 12.1. The van der Waals surface area contributed by atoms with E-state index in [1.165, 1.54) is 5.56 Å². The Morgan fingerprint density at radius 1 is 0.829 bits per heavy atom. The van der Waals surface area contributed by atoms with Gasteiger partial charge in [-0.15, -0.1) is 0 Å². The molecule has 1 aliphatic rings. The maximum atomic E-state index is 13.7. The number of benzene rings is 3. The van der Waals surface area contributed by atoms with Gasteiger partial charge in [-0.05, 0) is 36.2 Å². The van der Waals surface area contributed by atoms with Crippen molar-refractivity contribution in [3.8, 4) is 22.7 Å². The smallest absolute Gasteiger partial charge is 0.255 e. The summed E-state index contributed by atoms with van der Waals surface area (Å²) in [4.78, 5) is 18.1. The van der Waals surface area contributed by atoms with Crippen LogP contribution in [0.3, 0.4) is 0 Å². The Hall–Kier alpha value is -3.83. The average Bonchev–Trinajstić information content (AvgIpc) is 3.27. The molecule has 1 amide bonds. The number of nitrogens with zero attached hydrogens (tertiary/aromatic N) is 3. The molecular weight excluding hydrogens is 434 g/mol. The van der Waals surface area contributed by atoms with Crippen LogP contribution in [0.4, 0.5) is 0 Å². The summed E-state index contributed by atoms with van der Waals surface area (Å²) in [6.07, 6.45) is 0. The van der Waals surface area contributed by atoms with Crippen molar-refractivity contribution in [1.82, 2.24) is 14.4 Å². The molecule has 3 aromatic carbocycles. The van der Waals surface area contributed by atoms with Gasteiger partial charge < -0.3 is 14.2 Å². The van der Waals surface area contributed by atoms with Crippen LogP contribution in [0.15, 0.2) is 91.0 Å². The lowest BCUT2D eigenvalue weighted by atomic mass is 10.1. The Balaban J connectivity index is 1.42. The Bertz CT molecular complexity index is 1290. The summed E-state index contributed by atoms with van der Waals surface area (Å²) in [6, 6.07) is 30.8.